The highest BCUT2D eigenvalue weighted by Crippen LogP contribution is 2.32. The molecule has 0 aliphatic rings. The number of nitrogens with one attached hydrogen (secondary N) is 1. The average Bonchev–Trinajstić information content (AvgIpc) is 2.97. The summed E-state index contributed by atoms with van der Waals surface area (Å²) in [5, 5.41) is 7.76. The molecule has 0 fully saturated rings. The Kier molecular flexibility index (Phi) is 7.84. The van der Waals surface area contributed by atoms with Crippen LogP contribution in [0, 0.1) is 0 Å². The Morgan fingerprint density at radius 2 is 1.71 bits per heavy atom. The number of rotatable bonds is 7. The quantitative estimate of drug-likeness (QED) is 0.220. The number of nitrogens with zero attached hydrogens (tertiary/aromatic N) is 3. The van der Waals surface area contributed by atoms with Gasteiger partial charge in [-0.1, -0.05) is 48.0 Å². The molecule has 1 aromatic heterocycles. The molecule has 1 amide bonds. The first-order valence-electron chi connectivity index (χ1n) is 12.2. The summed E-state index contributed by atoms with van der Waals surface area (Å²) >= 11 is 5.87. The lowest BCUT2D eigenvalue weighted by atomic mass is 10.1. The largest absolute Gasteiger partial charge is 0.483 e. The van der Waals surface area contributed by atoms with Crippen LogP contribution in [0.3, 0.4) is 0 Å². The van der Waals surface area contributed by atoms with Gasteiger partial charge in [0.05, 0.1) is 22.7 Å². The number of halogens is 4. The zero-order chi connectivity index (χ0) is 29.0. The standard InChI is InChI=1S/C30H20ClF3N4O3/c31-22-12-14-23(15-13-22)36-27(39)18-41-26-11-4-1-6-20(26)17-35-38-28(19-7-5-8-21(16-19)30(32,33)34)37-25-10-3-2-9-24(25)29(38)40/h1-17H,18H2,(H,36,39). The van der Waals surface area contributed by atoms with Crippen molar-refractivity contribution in [2.75, 3.05) is 11.9 Å². The number of ether oxygens (including phenoxy) is 1. The van der Waals surface area contributed by atoms with Gasteiger partial charge in [0.25, 0.3) is 11.5 Å². The van der Waals surface area contributed by atoms with E-state index >= 15 is 0 Å². The lowest BCUT2D eigenvalue weighted by Gasteiger charge is -2.12. The number of alkyl halides is 3. The molecule has 0 saturated carbocycles. The van der Waals surface area contributed by atoms with E-state index in [1.807, 2.05) is 0 Å². The summed E-state index contributed by atoms with van der Waals surface area (Å²) < 4.78 is 46.9. The van der Waals surface area contributed by atoms with Gasteiger partial charge in [-0.15, -0.1) is 0 Å². The zero-order valence-corrected chi connectivity index (χ0v) is 21.9. The Hall–Kier alpha value is -4.96. The van der Waals surface area contributed by atoms with Gasteiger partial charge in [-0.3, -0.25) is 9.59 Å². The second-order valence-electron chi connectivity index (χ2n) is 8.77. The first-order valence-corrected chi connectivity index (χ1v) is 12.6. The van der Waals surface area contributed by atoms with Crippen LogP contribution < -0.4 is 15.6 Å². The van der Waals surface area contributed by atoms with Crippen molar-refractivity contribution in [3.05, 3.63) is 124 Å². The summed E-state index contributed by atoms with van der Waals surface area (Å²) in [7, 11) is 0. The second-order valence-corrected chi connectivity index (χ2v) is 9.21. The van der Waals surface area contributed by atoms with Crippen molar-refractivity contribution < 1.29 is 22.7 Å². The Labute approximate surface area is 236 Å². The number of para-hydroxylation sites is 2. The molecule has 5 aromatic rings. The molecule has 7 nitrogen and oxygen atoms in total. The molecule has 5 rings (SSSR count). The van der Waals surface area contributed by atoms with Gasteiger partial charge in [0.2, 0.25) is 0 Å². The predicted molar refractivity (Wildman–Crippen MR) is 151 cm³/mol. The van der Waals surface area contributed by atoms with Gasteiger partial charge in [-0.05, 0) is 60.7 Å². The maximum Gasteiger partial charge on any atom is 0.416 e. The fraction of sp³-hybridized carbons (Fsp3) is 0.0667. The number of amides is 1. The topological polar surface area (TPSA) is 85.6 Å². The maximum atomic E-state index is 13.4. The van der Waals surface area contributed by atoms with Gasteiger partial charge in [0, 0.05) is 21.8 Å². The van der Waals surface area contributed by atoms with Gasteiger partial charge < -0.3 is 10.1 Å². The van der Waals surface area contributed by atoms with Crippen LogP contribution in [0.15, 0.2) is 107 Å². The Bertz CT molecular complexity index is 1820. The third kappa shape index (κ3) is 6.44. The first kappa shape index (κ1) is 27.6. The minimum absolute atomic E-state index is 0.0585. The average molecular weight is 577 g/mol. The van der Waals surface area contributed by atoms with Crippen molar-refractivity contribution >= 4 is 40.3 Å². The summed E-state index contributed by atoms with van der Waals surface area (Å²) in [6.45, 7) is -0.319. The monoisotopic (exact) mass is 576 g/mol. The molecule has 4 aromatic carbocycles. The van der Waals surface area contributed by atoms with Crippen molar-refractivity contribution in [1.29, 1.82) is 0 Å². The number of hydrogen-bond acceptors (Lipinski definition) is 5. The number of fused-ring (bicyclic) bond motifs is 1. The molecule has 0 radical (unpaired) electrons. The van der Waals surface area contributed by atoms with Crippen molar-refractivity contribution in [1.82, 2.24) is 9.66 Å². The van der Waals surface area contributed by atoms with Crippen molar-refractivity contribution in [3.63, 3.8) is 0 Å². The van der Waals surface area contributed by atoms with E-state index in [1.165, 1.54) is 18.3 Å². The van der Waals surface area contributed by atoms with Crippen molar-refractivity contribution in [3.8, 4) is 17.1 Å². The summed E-state index contributed by atoms with van der Waals surface area (Å²) in [5.41, 5.74) is -0.122. The van der Waals surface area contributed by atoms with Gasteiger partial charge in [0.15, 0.2) is 12.4 Å². The molecule has 0 atom stereocenters. The van der Waals surface area contributed by atoms with Crippen LogP contribution >= 0.6 is 11.6 Å². The second kappa shape index (κ2) is 11.6. The van der Waals surface area contributed by atoms with Crippen LogP contribution in [0.5, 0.6) is 5.75 Å². The van der Waals surface area contributed by atoms with Gasteiger partial charge >= 0.3 is 6.18 Å². The SMILES string of the molecule is O=C(COc1ccccc1C=Nn1c(-c2cccc(C(F)(F)F)c2)nc2ccccc2c1=O)Nc1ccc(Cl)cc1. The molecule has 1 N–H and O–H groups in total. The lowest BCUT2D eigenvalue weighted by molar-refractivity contribution is -0.137. The third-order valence-electron chi connectivity index (χ3n) is 5.92. The van der Waals surface area contributed by atoms with E-state index in [-0.39, 0.29) is 23.4 Å². The van der Waals surface area contributed by atoms with Crippen LogP contribution in [0.25, 0.3) is 22.3 Å². The van der Waals surface area contributed by atoms with E-state index in [1.54, 1.807) is 72.8 Å². The fourth-order valence-corrected chi connectivity index (χ4v) is 4.09. The minimum atomic E-state index is -4.59. The Balaban J connectivity index is 1.47. The number of benzene rings is 4. The van der Waals surface area contributed by atoms with E-state index < -0.39 is 23.2 Å². The van der Waals surface area contributed by atoms with Crippen molar-refractivity contribution in [2.24, 2.45) is 5.10 Å². The van der Waals surface area contributed by atoms with E-state index in [4.69, 9.17) is 16.3 Å². The molecular formula is C30H20ClF3N4O3. The number of carbonyl (C=O) groups excluding carboxylic acids is 1. The fourth-order valence-electron chi connectivity index (χ4n) is 3.96. The molecule has 0 aliphatic carbocycles. The third-order valence-corrected chi connectivity index (χ3v) is 6.17. The summed E-state index contributed by atoms with van der Waals surface area (Å²) in [5.74, 6) is -0.192. The van der Waals surface area contributed by atoms with Gasteiger partial charge in [-0.2, -0.15) is 22.9 Å². The van der Waals surface area contributed by atoms with Crippen molar-refractivity contribution in [2.45, 2.75) is 6.18 Å². The smallest absolute Gasteiger partial charge is 0.416 e. The highest BCUT2D eigenvalue weighted by atomic mass is 35.5. The highest BCUT2D eigenvalue weighted by Gasteiger charge is 2.31. The zero-order valence-electron chi connectivity index (χ0n) is 21.1. The molecule has 41 heavy (non-hydrogen) atoms. The molecule has 1 heterocycles. The molecule has 0 aliphatic heterocycles. The predicted octanol–water partition coefficient (Wildman–Crippen LogP) is 6.64. The summed E-state index contributed by atoms with van der Waals surface area (Å²) in [6.07, 6.45) is -3.27. The van der Waals surface area contributed by atoms with E-state index in [2.05, 4.69) is 15.4 Å². The number of hydrogen-bond donors (Lipinski definition) is 1. The molecule has 11 heteroatoms. The molecule has 0 unspecified atom stereocenters. The molecular weight excluding hydrogens is 557 g/mol. The number of anilines is 1. The van der Waals surface area contributed by atoms with Crippen LogP contribution in [0.2, 0.25) is 5.02 Å². The highest BCUT2D eigenvalue weighted by molar-refractivity contribution is 6.30. The molecule has 0 bridgehead atoms. The minimum Gasteiger partial charge on any atom is -0.483 e. The van der Waals surface area contributed by atoms with Crippen LogP contribution in [0.4, 0.5) is 18.9 Å². The first-order chi connectivity index (χ1) is 19.7. The number of aromatic nitrogens is 2. The van der Waals surface area contributed by atoms with Crippen LogP contribution in [0.1, 0.15) is 11.1 Å². The van der Waals surface area contributed by atoms with Crippen LogP contribution in [-0.2, 0) is 11.0 Å². The Morgan fingerprint density at radius 3 is 2.49 bits per heavy atom. The van der Waals surface area contributed by atoms with Gasteiger partial charge in [-0.25, -0.2) is 4.98 Å². The normalized spacial score (nSPS) is 11.6. The molecule has 206 valence electrons. The number of carbonyl (C=O) groups is 1. The molecule has 0 spiro atoms. The molecule has 0 saturated heterocycles. The van der Waals surface area contributed by atoms with E-state index in [0.29, 0.717) is 27.5 Å². The Morgan fingerprint density at radius 1 is 0.976 bits per heavy atom. The van der Waals surface area contributed by atoms with Gasteiger partial charge in [0.1, 0.15) is 5.75 Å². The maximum absolute atomic E-state index is 13.4. The lowest BCUT2D eigenvalue weighted by Crippen LogP contribution is -2.21. The van der Waals surface area contributed by atoms with E-state index in [0.717, 1.165) is 16.8 Å². The van der Waals surface area contributed by atoms with Crippen LogP contribution in [-0.4, -0.2) is 28.4 Å². The van der Waals surface area contributed by atoms with E-state index in [9.17, 15) is 22.8 Å². The summed E-state index contributed by atoms with van der Waals surface area (Å²) in [6, 6.07) is 24.3. The summed E-state index contributed by atoms with van der Waals surface area (Å²) in [4.78, 5) is 30.3.